The molecule has 1 aromatic carbocycles. The lowest BCUT2D eigenvalue weighted by atomic mass is 9.83. The van der Waals surface area contributed by atoms with Crippen molar-refractivity contribution in [3.05, 3.63) is 34.9 Å². The molecule has 0 spiro atoms. The molecule has 0 atom stereocenters. The van der Waals surface area contributed by atoms with Gasteiger partial charge in [0.25, 0.3) is 0 Å². The lowest BCUT2D eigenvalue weighted by Gasteiger charge is -2.24. The van der Waals surface area contributed by atoms with Gasteiger partial charge in [0.1, 0.15) is 5.67 Å². The Balaban J connectivity index is 3.33. The fourth-order valence-corrected chi connectivity index (χ4v) is 1.67. The Bertz CT molecular complexity index is 332. The van der Waals surface area contributed by atoms with Crippen LogP contribution >= 0.6 is 0 Å². The summed E-state index contributed by atoms with van der Waals surface area (Å²) in [5, 5.41) is 0. The Hall–Kier alpha value is -0.850. The standard InChI is InChI=1S/C15H23F/c1-7-11-8-12(14(2,3)4)10-13(9-11)15(5,6)16/h8-10H,7H2,1-6H3. The normalized spacial score (nSPS) is 12.9. The van der Waals surface area contributed by atoms with E-state index in [9.17, 15) is 4.39 Å². The van der Waals surface area contributed by atoms with E-state index < -0.39 is 5.67 Å². The molecule has 0 unspecified atom stereocenters. The van der Waals surface area contributed by atoms with Gasteiger partial charge in [-0.2, -0.15) is 0 Å². The second-order valence-corrected chi connectivity index (χ2v) is 5.99. The smallest absolute Gasteiger partial charge is 0.130 e. The van der Waals surface area contributed by atoms with Crippen LogP contribution in [0.25, 0.3) is 0 Å². The number of rotatable bonds is 2. The van der Waals surface area contributed by atoms with Crippen LogP contribution in [0.4, 0.5) is 4.39 Å². The molecule has 0 saturated heterocycles. The monoisotopic (exact) mass is 222 g/mol. The van der Waals surface area contributed by atoms with Gasteiger partial charge < -0.3 is 0 Å². The summed E-state index contributed by atoms with van der Waals surface area (Å²) in [6.45, 7) is 11.8. The van der Waals surface area contributed by atoms with Crippen molar-refractivity contribution in [1.82, 2.24) is 0 Å². The average molecular weight is 222 g/mol. The Morgan fingerprint density at radius 2 is 1.44 bits per heavy atom. The van der Waals surface area contributed by atoms with E-state index in [4.69, 9.17) is 0 Å². The molecule has 0 saturated carbocycles. The minimum absolute atomic E-state index is 0.0746. The highest BCUT2D eigenvalue weighted by Gasteiger charge is 2.22. The van der Waals surface area contributed by atoms with Crippen LogP contribution in [0.2, 0.25) is 0 Å². The molecule has 0 aliphatic heterocycles. The van der Waals surface area contributed by atoms with Gasteiger partial charge in [-0.3, -0.25) is 0 Å². The first-order valence-electron chi connectivity index (χ1n) is 5.98. The molecule has 0 aliphatic carbocycles. The summed E-state index contributed by atoms with van der Waals surface area (Å²) in [5.74, 6) is 0. The van der Waals surface area contributed by atoms with Crippen LogP contribution in [0.5, 0.6) is 0 Å². The van der Waals surface area contributed by atoms with E-state index in [0.717, 1.165) is 12.0 Å². The molecule has 16 heavy (non-hydrogen) atoms. The van der Waals surface area contributed by atoms with Crippen LogP contribution in [0.15, 0.2) is 18.2 Å². The minimum atomic E-state index is -1.26. The molecule has 0 heterocycles. The van der Waals surface area contributed by atoms with Crippen LogP contribution in [0, 0.1) is 0 Å². The van der Waals surface area contributed by atoms with Crippen molar-refractivity contribution in [3.8, 4) is 0 Å². The van der Waals surface area contributed by atoms with E-state index in [1.165, 1.54) is 11.1 Å². The second kappa shape index (κ2) is 4.20. The predicted octanol–water partition coefficient (Wildman–Crippen LogP) is 4.75. The molecule has 0 nitrogen and oxygen atoms in total. The van der Waals surface area contributed by atoms with Crippen molar-refractivity contribution in [3.63, 3.8) is 0 Å². The van der Waals surface area contributed by atoms with E-state index in [1.807, 2.05) is 12.1 Å². The maximum absolute atomic E-state index is 14.0. The fourth-order valence-electron chi connectivity index (χ4n) is 1.67. The molecule has 0 fully saturated rings. The first-order valence-corrected chi connectivity index (χ1v) is 5.98. The van der Waals surface area contributed by atoms with Crippen molar-refractivity contribution >= 4 is 0 Å². The maximum Gasteiger partial charge on any atom is 0.130 e. The molecule has 0 aliphatic rings. The van der Waals surface area contributed by atoms with E-state index in [1.54, 1.807) is 13.8 Å². The van der Waals surface area contributed by atoms with Crippen LogP contribution < -0.4 is 0 Å². The number of alkyl halides is 1. The molecule has 1 aromatic rings. The fraction of sp³-hybridized carbons (Fsp3) is 0.600. The van der Waals surface area contributed by atoms with Crippen molar-refractivity contribution in [2.24, 2.45) is 0 Å². The number of benzene rings is 1. The zero-order valence-electron chi connectivity index (χ0n) is 11.3. The van der Waals surface area contributed by atoms with Gasteiger partial charge in [0.15, 0.2) is 0 Å². The van der Waals surface area contributed by atoms with Crippen LogP contribution in [-0.2, 0) is 17.5 Å². The van der Waals surface area contributed by atoms with Crippen LogP contribution in [0.3, 0.4) is 0 Å². The predicted molar refractivity (Wildman–Crippen MR) is 68.7 cm³/mol. The van der Waals surface area contributed by atoms with Gasteiger partial charge in [0.05, 0.1) is 0 Å². The summed E-state index contributed by atoms with van der Waals surface area (Å²) in [7, 11) is 0. The first kappa shape index (κ1) is 13.2. The third-order valence-corrected chi connectivity index (χ3v) is 2.95. The zero-order chi connectivity index (χ0) is 12.6. The summed E-state index contributed by atoms with van der Waals surface area (Å²) in [4.78, 5) is 0. The van der Waals surface area contributed by atoms with Crippen molar-refractivity contribution in [2.75, 3.05) is 0 Å². The van der Waals surface area contributed by atoms with Gasteiger partial charge in [-0.05, 0) is 42.4 Å². The molecular weight excluding hydrogens is 199 g/mol. The number of aryl methyl sites for hydroxylation is 1. The van der Waals surface area contributed by atoms with Gasteiger partial charge in [-0.15, -0.1) is 0 Å². The highest BCUT2D eigenvalue weighted by Crippen LogP contribution is 2.31. The Morgan fingerprint density at radius 1 is 0.938 bits per heavy atom. The van der Waals surface area contributed by atoms with E-state index in [0.29, 0.717) is 0 Å². The summed E-state index contributed by atoms with van der Waals surface area (Å²) in [6.07, 6.45) is 0.951. The van der Waals surface area contributed by atoms with E-state index in [-0.39, 0.29) is 5.41 Å². The third-order valence-electron chi connectivity index (χ3n) is 2.95. The average Bonchev–Trinajstić information content (AvgIpc) is 2.14. The molecule has 0 aromatic heterocycles. The lowest BCUT2D eigenvalue weighted by molar-refractivity contribution is 0.221. The molecule has 1 rings (SSSR count). The van der Waals surface area contributed by atoms with Crippen LogP contribution in [0.1, 0.15) is 58.2 Å². The molecule has 0 radical (unpaired) electrons. The SMILES string of the molecule is CCc1cc(C(C)(C)C)cc(C(C)(C)F)c1. The van der Waals surface area contributed by atoms with E-state index in [2.05, 4.69) is 33.8 Å². The lowest BCUT2D eigenvalue weighted by Crippen LogP contribution is -2.16. The Morgan fingerprint density at radius 3 is 1.81 bits per heavy atom. The zero-order valence-corrected chi connectivity index (χ0v) is 11.3. The minimum Gasteiger partial charge on any atom is -0.239 e. The third kappa shape index (κ3) is 3.07. The molecule has 90 valence electrons. The molecular formula is C15H23F. The van der Waals surface area contributed by atoms with Gasteiger partial charge in [0.2, 0.25) is 0 Å². The topological polar surface area (TPSA) is 0 Å². The molecule has 1 heteroatoms. The highest BCUT2D eigenvalue weighted by atomic mass is 19.1. The number of hydrogen-bond donors (Lipinski definition) is 0. The van der Waals surface area contributed by atoms with E-state index >= 15 is 0 Å². The summed E-state index contributed by atoms with van der Waals surface area (Å²) in [6, 6.07) is 6.17. The maximum atomic E-state index is 14.0. The van der Waals surface area contributed by atoms with Gasteiger partial charge in [0, 0.05) is 0 Å². The second-order valence-electron chi connectivity index (χ2n) is 5.99. The van der Waals surface area contributed by atoms with Crippen LogP contribution in [-0.4, -0.2) is 0 Å². The number of hydrogen-bond acceptors (Lipinski definition) is 0. The quantitative estimate of drug-likeness (QED) is 0.677. The van der Waals surface area contributed by atoms with Crippen molar-refractivity contribution < 1.29 is 4.39 Å². The van der Waals surface area contributed by atoms with Gasteiger partial charge in [-0.1, -0.05) is 45.9 Å². The summed E-state index contributed by atoms with van der Waals surface area (Å²) < 4.78 is 14.0. The number of halogens is 1. The molecule has 0 amide bonds. The van der Waals surface area contributed by atoms with Crippen molar-refractivity contribution in [2.45, 2.75) is 59.0 Å². The van der Waals surface area contributed by atoms with Crippen molar-refractivity contribution in [1.29, 1.82) is 0 Å². The van der Waals surface area contributed by atoms with Gasteiger partial charge >= 0.3 is 0 Å². The first-order chi connectivity index (χ1) is 7.14. The molecule has 0 bridgehead atoms. The largest absolute Gasteiger partial charge is 0.239 e. The Kier molecular flexibility index (Phi) is 3.47. The molecule has 0 N–H and O–H groups in total. The summed E-state index contributed by atoms with van der Waals surface area (Å²) >= 11 is 0. The van der Waals surface area contributed by atoms with Gasteiger partial charge in [-0.25, -0.2) is 4.39 Å². The summed E-state index contributed by atoms with van der Waals surface area (Å²) in [5.41, 5.74) is 2.04. The highest BCUT2D eigenvalue weighted by molar-refractivity contribution is 5.36. The Labute approximate surface area is 98.9 Å².